The molecule has 5 nitrogen and oxygen atoms in total. The molecule has 82 valence electrons. The summed E-state index contributed by atoms with van der Waals surface area (Å²) in [5, 5.41) is 16.2. The van der Waals surface area contributed by atoms with Crippen LogP contribution in [0.3, 0.4) is 0 Å². The van der Waals surface area contributed by atoms with Gasteiger partial charge in [0.25, 0.3) is 0 Å². The number of aliphatic carboxylic acids is 1. The molecule has 0 bridgehead atoms. The van der Waals surface area contributed by atoms with Crippen LogP contribution in [0.4, 0.5) is 0 Å². The van der Waals surface area contributed by atoms with Crippen LogP contribution in [0.25, 0.3) is 0 Å². The van der Waals surface area contributed by atoms with E-state index in [0.29, 0.717) is 12.0 Å². The van der Waals surface area contributed by atoms with Gasteiger partial charge in [-0.05, 0) is 25.2 Å². The van der Waals surface area contributed by atoms with E-state index in [1.54, 1.807) is 12.7 Å². The van der Waals surface area contributed by atoms with Crippen molar-refractivity contribution in [3.63, 3.8) is 0 Å². The van der Waals surface area contributed by atoms with Gasteiger partial charge in [0.1, 0.15) is 12.7 Å². The summed E-state index contributed by atoms with van der Waals surface area (Å²) in [6.07, 6.45) is 7.89. The average Bonchev–Trinajstić information content (AvgIpc) is 2.85. The molecule has 0 spiro atoms. The van der Waals surface area contributed by atoms with E-state index in [4.69, 9.17) is 5.11 Å². The van der Waals surface area contributed by atoms with Crippen LogP contribution in [-0.4, -0.2) is 25.8 Å². The van der Waals surface area contributed by atoms with E-state index in [9.17, 15) is 4.79 Å². The molecule has 0 amide bonds. The molecule has 0 aromatic carbocycles. The van der Waals surface area contributed by atoms with Crippen molar-refractivity contribution in [1.29, 1.82) is 0 Å². The van der Waals surface area contributed by atoms with Crippen LogP contribution in [0.2, 0.25) is 0 Å². The summed E-state index contributed by atoms with van der Waals surface area (Å²) >= 11 is 0. The SMILES string of the molecule is O=C(O)CCC1CCCC1n1cnnc1. The minimum absolute atomic E-state index is 0.267. The molecule has 1 aromatic rings. The molecule has 2 unspecified atom stereocenters. The van der Waals surface area contributed by atoms with Crippen LogP contribution in [0.1, 0.15) is 38.1 Å². The number of hydrogen-bond acceptors (Lipinski definition) is 3. The second-order valence-corrected chi connectivity index (χ2v) is 4.10. The van der Waals surface area contributed by atoms with Crippen LogP contribution < -0.4 is 0 Å². The summed E-state index contributed by atoms with van der Waals surface area (Å²) in [7, 11) is 0. The fraction of sp³-hybridized carbons (Fsp3) is 0.700. The molecule has 0 radical (unpaired) electrons. The zero-order valence-electron chi connectivity index (χ0n) is 8.54. The first-order chi connectivity index (χ1) is 7.27. The van der Waals surface area contributed by atoms with Crippen molar-refractivity contribution in [2.24, 2.45) is 5.92 Å². The molecule has 15 heavy (non-hydrogen) atoms. The van der Waals surface area contributed by atoms with Crippen molar-refractivity contribution in [2.45, 2.75) is 38.1 Å². The predicted octanol–water partition coefficient (Wildman–Crippen LogP) is 1.48. The molecule has 1 saturated carbocycles. The van der Waals surface area contributed by atoms with Crippen LogP contribution in [0, 0.1) is 5.92 Å². The number of hydrogen-bond donors (Lipinski definition) is 1. The van der Waals surface area contributed by atoms with Crippen LogP contribution >= 0.6 is 0 Å². The molecular formula is C10H15N3O2. The van der Waals surface area contributed by atoms with E-state index in [1.807, 2.05) is 4.57 Å². The second-order valence-electron chi connectivity index (χ2n) is 4.10. The van der Waals surface area contributed by atoms with Gasteiger partial charge >= 0.3 is 5.97 Å². The number of rotatable bonds is 4. The van der Waals surface area contributed by atoms with E-state index in [1.165, 1.54) is 6.42 Å². The van der Waals surface area contributed by atoms with Crippen molar-refractivity contribution in [1.82, 2.24) is 14.8 Å². The highest BCUT2D eigenvalue weighted by atomic mass is 16.4. The van der Waals surface area contributed by atoms with Gasteiger partial charge < -0.3 is 9.67 Å². The Morgan fingerprint density at radius 1 is 1.40 bits per heavy atom. The van der Waals surface area contributed by atoms with E-state index >= 15 is 0 Å². The highest BCUT2D eigenvalue weighted by molar-refractivity contribution is 5.66. The zero-order chi connectivity index (χ0) is 10.7. The van der Waals surface area contributed by atoms with E-state index in [-0.39, 0.29) is 6.42 Å². The van der Waals surface area contributed by atoms with Crippen molar-refractivity contribution < 1.29 is 9.90 Å². The molecule has 2 atom stereocenters. The highest BCUT2D eigenvalue weighted by Gasteiger charge is 2.28. The molecule has 1 N–H and O–H groups in total. The molecule has 2 rings (SSSR count). The number of nitrogens with zero attached hydrogens (tertiary/aromatic N) is 3. The van der Waals surface area contributed by atoms with Crippen LogP contribution in [-0.2, 0) is 4.79 Å². The highest BCUT2D eigenvalue weighted by Crippen LogP contribution is 2.38. The Labute approximate surface area is 88.1 Å². The Balaban J connectivity index is 1.96. The van der Waals surface area contributed by atoms with Crippen molar-refractivity contribution in [3.05, 3.63) is 12.7 Å². The molecular weight excluding hydrogens is 194 g/mol. The lowest BCUT2D eigenvalue weighted by Crippen LogP contribution is -2.14. The number of carboxylic acids is 1. The number of carboxylic acid groups (broad SMARTS) is 1. The smallest absolute Gasteiger partial charge is 0.303 e. The first-order valence-corrected chi connectivity index (χ1v) is 5.33. The Hall–Kier alpha value is -1.39. The fourth-order valence-corrected chi connectivity index (χ4v) is 2.44. The molecule has 1 aromatic heterocycles. The molecule has 0 saturated heterocycles. The zero-order valence-corrected chi connectivity index (χ0v) is 8.54. The maximum absolute atomic E-state index is 10.5. The van der Waals surface area contributed by atoms with E-state index in [0.717, 1.165) is 19.3 Å². The summed E-state index contributed by atoms with van der Waals surface area (Å²) in [6, 6.07) is 0.402. The summed E-state index contributed by atoms with van der Waals surface area (Å²) in [6.45, 7) is 0. The maximum atomic E-state index is 10.5. The van der Waals surface area contributed by atoms with Gasteiger partial charge in [0.15, 0.2) is 0 Å². The minimum atomic E-state index is -0.704. The standard InChI is InChI=1S/C10H15N3O2/c14-10(15)5-4-8-2-1-3-9(8)13-6-11-12-7-13/h6-9H,1-5H2,(H,14,15). The Morgan fingerprint density at radius 3 is 2.80 bits per heavy atom. The monoisotopic (exact) mass is 209 g/mol. The predicted molar refractivity (Wildman–Crippen MR) is 53.3 cm³/mol. The largest absolute Gasteiger partial charge is 0.481 e. The summed E-state index contributed by atoms with van der Waals surface area (Å²) < 4.78 is 2.01. The van der Waals surface area contributed by atoms with Gasteiger partial charge in [0.2, 0.25) is 0 Å². The lowest BCUT2D eigenvalue weighted by atomic mass is 9.97. The van der Waals surface area contributed by atoms with E-state index in [2.05, 4.69) is 10.2 Å². The minimum Gasteiger partial charge on any atom is -0.481 e. The second kappa shape index (κ2) is 4.42. The first kappa shape index (κ1) is 10.1. The normalized spacial score (nSPS) is 25.6. The van der Waals surface area contributed by atoms with Crippen molar-refractivity contribution in [3.8, 4) is 0 Å². The Kier molecular flexibility index (Phi) is 2.99. The van der Waals surface area contributed by atoms with Gasteiger partial charge in [-0.2, -0.15) is 0 Å². The molecule has 5 heteroatoms. The van der Waals surface area contributed by atoms with Gasteiger partial charge in [-0.3, -0.25) is 4.79 Å². The lowest BCUT2D eigenvalue weighted by Gasteiger charge is -2.19. The van der Waals surface area contributed by atoms with Gasteiger partial charge in [0.05, 0.1) is 0 Å². The van der Waals surface area contributed by atoms with Gasteiger partial charge in [-0.15, -0.1) is 10.2 Å². The Bertz CT molecular complexity index is 323. The van der Waals surface area contributed by atoms with Crippen molar-refractivity contribution in [2.75, 3.05) is 0 Å². The third kappa shape index (κ3) is 2.34. The summed E-state index contributed by atoms with van der Waals surface area (Å²) in [5.41, 5.74) is 0. The molecule has 1 aliphatic carbocycles. The van der Waals surface area contributed by atoms with Crippen LogP contribution in [0.15, 0.2) is 12.7 Å². The average molecular weight is 209 g/mol. The van der Waals surface area contributed by atoms with E-state index < -0.39 is 5.97 Å². The molecule has 0 aliphatic heterocycles. The Morgan fingerprint density at radius 2 is 2.13 bits per heavy atom. The van der Waals surface area contributed by atoms with Gasteiger partial charge in [-0.25, -0.2) is 0 Å². The van der Waals surface area contributed by atoms with Crippen LogP contribution in [0.5, 0.6) is 0 Å². The number of carbonyl (C=O) groups is 1. The maximum Gasteiger partial charge on any atom is 0.303 e. The third-order valence-corrected chi connectivity index (χ3v) is 3.17. The quantitative estimate of drug-likeness (QED) is 0.815. The van der Waals surface area contributed by atoms with Gasteiger partial charge in [0, 0.05) is 12.5 Å². The topological polar surface area (TPSA) is 68.0 Å². The summed E-state index contributed by atoms with van der Waals surface area (Å²) in [4.78, 5) is 10.5. The molecule has 1 fully saturated rings. The molecule has 1 heterocycles. The third-order valence-electron chi connectivity index (χ3n) is 3.17. The first-order valence-electron chi connectivity index (χ1n) is 5.33. The summed E-state index contributed by atoms with van der Waals surface area (Å²) in [5.74, 6) is -0.235. The molecule has 1 aliphatic rings. The number of aromatic nitrogens is 3. The lowest BCUT2D eigenvalue weighted by molar-refractivity contribution is -0.137. The van der Waals surface area contributed by atoms with Crippen molar-refractivity contribution >= 4 is 5.97 Å². The van der Waals surface area contributed by atoms with Gasteiger partial charge in [-0.1, -0.05) is 6.42 Å². The fourth-order valence-electron chi connectivity index (χ4n) is 2.44.